The van der Waals surface area contributed by atoms with Crippen LogP contribution < -0.4 is 5.73 Å². The van der Waals surface area contributed by atoms with Gasteiger partial charge in [-0.25, -0.2) is 4.39 Å². The molecule has 2 N–H and O–H groups in total. The maximum Gasteiger partial charge on any atom is 0.143 e. The zero-order chi connectivity index (χ0) is 12.1. The number of aryl methyl sites for hydroxylation is 1. The van der Waals surface area contributed by atoms with Gasteiger partial charge in [0.1, 0.15) is 5.83 Å². The van der Waals surface area contributed by atoms with Crippen molar-refractivity contribution in [2.75, 3.05) is 0 Å². The Bertz CT molecular complexity index is 414. The molecule has 3 heteroatoms. The standard InChI is InChI=1S/C13H15ClFN/c1-9-3-5-11(6-4-9)8-13(16)12(15)7-10(2)14/h3-7H,8,16H2,1-2H3/b10-7+,13-12+. The van der Waals surface area contributed by atoms with Gasteiger partial charge in [-0.15, -0.1) is 0 Å². The van der Waals surface area contributed by atoms with Crippen LogP contribution in [0.1, 0.15) is 18.1 Å². The van der Waals surface area contributed by atoms with Crippen molar-refractivity contribution in [2.45, 2.75) is 20.3 Å². The monoisotopic (exact) mass is 239 g/mol. The first-order valence-corrected chi connectivity index (χ1v) is 5.40. The third-order valence-corrected chi connectivity index (χ3v) is 2.26. The number of rotatable bonds is 3. The Kier molecular flexibility index (Phi) is 4.56. The summed E-state index contributed by atoms with van der Waals surface area (Å²) in [5.74, 6) is -0.465. The third kappa shape index (κ3) is 4.07. The molecule has 0 unspecified atom stereocenters. The minimum Gasteiger partial charge on any atom is -0.399 e. The molecule has 1 aromatic rings. The number of benzene rings is 1. The van der Waals surface area contributed by atoms with Crippen molar-refractivity contribution in [1.82, 2.24) is 0 Å². The highest BCUT2D eigenvalue weighted by molar-refractivity contribution is 6.29. The maximum atomic E-state index is 13.4. The van der Waals surface area contributed by atoms with Crippen molar-refractivity contribution in [3.63, 3.8) is 0 Å². The Hall–Kier alpha value is -1.28. The molecule has 0 aliphatic rings. The van der Waals surface area contributed by atoms with Crippen molar-refractivity contribution in [2.24, 2.45) is 5.73 Å². The molecule has 86 valence electrons. The Balaban J connectivity index is 2.81. The van der Waals surface area contributed by atoms with Gasteiger partial charge in [-0.3, -0.25) is 0 Å². The molecular weight excluding hydrogens is 225 g/mol. The molecule has 0 aliphatic heterocycles. The lowest BCUT2D eigenvalue weighted by molar-refractivity contribution is 0.646. The van der Waals surface area contributed by atoms with E-state index in [2.05, 4.69) is 0 Å². The molecular formula is C13H15ClFN. The Labute approximate surface area is 100 Å². The molecule has 0 fully saturated rings. The summed E-state index contributed by atoms with van der Waals surface area (Å²) < 4.78 is 13.4. The van der Waals surface area contributed by atoms with Gasteiger partial charge in [0.25, 0.3) is 0 Å². The van der Waals surface area contributed by atoms with E-state index in [9.17, 15) is 4.39 Å². The van der Waals surface area contributed by atoms with Crippen LogP contribution in [0, 0.1) is 6.92 Å². The molecule has 1 aromatic carbocycles. The lowest BCUT2D eigenvalue weighted by Crippen LogP contribution is -2.03. The minimum absolute atomic E-state index is 0.198. The second-order valence-corrected chi connectivity index (χ2v) is 4.36. The molecule has 0 saturated heterocycles. The quantitative estimate of drug-likeness (QED) is 0.798. The van der Waals surface area contributed by atoms with E-state index in [-0.39, 0.29) is 5.70 Å². The summed E-state index contributed by atoms with van der Waals surface area (Å²) in [6, 6.07) is 7.83. The van der Waals surface area contributed by atoms with E-state index in [1.54, 1.807) is 6.92 Å². The fourth-order valence-corrected chi connectivity index (χ4v) is 1.37. The van der Waals surface area contributed by atoms with Gasteiger partial charge in [-0.1, -0.05) is 41.4 Å². The molecule has 0 saturated carbocycles. The summed E-state index contributed by atoms with van der Waals surface area (Å²) in [5, 5.41) is 0.379. The van der Waals surface area contributed by atoms with Gasteiger partial charge in [-0.2, -0.15) is 0 Å². The normalized spacial score (nSPS) is 13.6. The first-order valence-electron chi connectivity index (χ1n) is 5.02. The number of hydrogen-bond donors (Lipinski definition) is 1. The van der Waals surface area contributed by atoms with E-state index in [0.717, 1.165) is 5.56 Å². The maximum absolute atomic E-state index is 13.4. The summed E-state index contributed by atoms with van der Waals surface area (Å²) in [5.41, 5.74) is 7.99. The van der Waals surface area contributed by atoms with Gasteiger partial charge in [0.05, 0.1) is 0 Å². The van der Waals surface area contributed by atoms with E-state index in [4.69, 9.17) is 17.3 Å². The molecule has 16 heavy (non-hydrogen) atoms. The highest BCUT2D eigenvalue weighted by atomic mass is 35.5. The fraction of sp³-hybridized carbons (Fsp3) is 0.231. The summed E-state index contributed by atoms with van der Waals surface area (Å²) in [6.07, 6.45) is 1.62. The predicted octanol–water partition coefficient (Wildman–Crippen LogP) is 3.82. The molecule has 0 bridgehead atoms. The van der Waals surface area contributed by atoms with E-state index in [1.165, 1.54) is 11.6 Å². The molecule has 0 atom stereocenters. The zero-order valence-electron chi connectivity index (χ0n) is 9.43. The van der Waals surface area contributed by atoms with Crippen LogP contribution in [-0.4, -0.2) is 0 Å². The van der Waals surface area contributed by atoms with Gasteiger partial charge in [-0.05, 0) is 25.5 Å². The lowest BCUT2D eigenvalue weighted by Gasteiger charge is -2.03. The van der Waals surface area contributed by atoms with Crippen LogP contribution in [0.25, 0.3) is 0 Å². The van der Waals surface area contributed by atoms with Crippen LogP contribution in [0.2, 0.25) is 0 Å². The molecule has 0 aliphatic carbocycles. The number of halogens is 2. The molecule has 0 amide bonds. The molecule has 0 aromatic heterocycles. The number of allylic oxidation sites excluding steroid dienone is 4. The first-order chi connectivity index (χ1) is 7.49. The summed E-state index contributed by atoms with van der Waals surface area (Å²) in [7, 11) is 0. The molecule has 0 radical (unpaired) electrons. The average Bonchev–Trinajstić information content (AvgIpc) is 2.20. The van der Waals surface area contributed by atoms with Crippen LogP contribution in [-0.2, 0) is 6.42 Å². The highest BCUT2D eigenvalue weighted by Crippen LogP contribution is 2.14. The number of nitrogens with two attached hydrogens (primary N) is 1. The Morgan fingerprint density at radius 3 is 2.44 bits per heavy atom. The van der Waals surface area contributed by atoms with Crippen molar-refractivity contribution in [1.29, 1.82) is 0 Å². The van der Waals surface area contributed by atoms with Crippen LogP contribution in [0.3, 0.4) is 0 Å². The van der Waals surface area contributed by atoms with E-state index < -0.39 is 5.83 Å². The third-order valence-electron chi connectivity index (χ3n) is 2.15. The Morgan fingerprint density at radius 2 is 1.94 bits per heavy atom. The van der Waals surface area contributed by atoms with Crippen LogP contribution >= 0.6 is 11.6 Å². The SMILES string of the molecule is C/C(Cl)=C\C(F)=C(/N)Cc1ccc(C)cc1. The summed E-state index contributed by atoms with van der Waals surface area (Å²) in [4.78, 5) is 0. The van der Waals surface area contributed by atoms with Crippen molar-refractivity contribution in [3.8, 4) is 0 Å². The minimum atomic E-state index is -0.465. The van der Waals surface area contributed by atoms with Gasteiger partial charge >= 0.3 is 0 Å². The van der Waals surface area contributed by atoms with Gasteiger partial charge in [0.2, 0.25) is 0 Å². The zero-order valence-corrected chi connectivity index (χ0v) is 10.2. The van der Waals surface area contributed by atoms with Gasteiger partial charge in [0.15, 0.2) is 0 Å². The van der Waals surface area contributed by atoms with Gasteiger partial charge < -0.3 is 5.73 Å². The lowest BCUT2D eigenvalue weighted by atomic mass is 10.1. The Morgan fingerprint density at radius 1 is 1.38 bits per heavy atom. The smallest absolute Gasteiger partial charge is 0.143 e. The summed E-state index contributed by atoms with van der Waals surface area (Å²) in [6.45, 7) is 3.61. The second kappa shape index (κ2) is 5.71. The molecule has 1 rings (SSSR count). The van der Waals surface area contributed by atoms with Crippen LogP contribution in [0.15, 0.2) is 46.9 Å². The van der Waals surface area contributed by atoms with E-state index >= 15 is 0 Å². The fourth-order valence-electron chi connectivity index (χ4n) is 1.28. The largest absolute Gasteiger partial charge is 0.399 e. The van der Waals surface area contributed by atoms with Crippen LogP contribution in [0.4, 0.5) is 4.39 Å². The molecule has 0 spiro atoms. The summed E-state index contributed by atoms with van der Waals surface area (Å²) >= 11 is 5.57. The molecule has 0 heterocycles. The van der Waals surface area contributed by atoms with E-state index in [0.29, 0.717) is 11.5 Å². The highest BCUT2D eigenvalue weighted by Gasteiger charge is 2.02. The number of hydrogen-bond acceptors (Lipinski definition) is 1. The first kappa shape index (κ1) is 12.8. The van der Waals surface area contributed by atoms with Gasteiger partial charge in [0, 0.05) is 17.2 Å². The van der Waals surface area contributed by atoms with Crippen LogP contribution in [0.5, 0.6) is 0 Å². The van der Waals surface area contributed by atoms with Crippen molar-refractivity contribution < 1.29 is 4.39 Å². The second-order valence-electron chi connectivity index (χ2n) is 3.77. The van der Waals surface area contributed by atoms with E-state index in [1.807, 2.05) is 31.2 Å². The van der Waals surface area contributed by atoms with Crippen molar-refractivity contribution >= 4 is 11.6 Å². The van der Waals surface area contributed by atoms with Crippen molar-refractivity contribution in [3.05, 3.63) is 58.0 Å². The molecule has 1 nitrogen and oxygen atoms in total. The average molecular weight is 240 g/mol. The predicted molar refractivity (Wildman–Crippen MR) is 66.8 cm³/mol. The topological polar surface area (TPSA) is 26.0 Å².